The molecular weight excluding hydrogens is 212 g/mol. The van der Waals surface area contributed by atoms with Gasteiger partial charge in [0, 0.05) is 26.2 Å². The molecular formula is C14H20N2O. The van der Waals surface area contributed by atoms with Gasteiger partial charge >= 0.3 is 0 Å². The van der Waals surface area contributed by atoms with Crippen LogP contribution >= 0.6 is 0 Å². The Balaban J connectivity index is 2.18. The highest BCUT2D eigenvalue weighted by atomic mass is 16.5. The third-order valence-corrected chi connectivity index (χ3v) is 3.20. The fraction of sp³-hybridized carbons (Fsp3) is 0.429. The van der Waals surface area contributed by atoms with Crippen LogP contribution in [0.3, 0.4) is 0 Å². The van der Waals surface area contributed by atoms with Crippen molar-refractivity contribution in [1.82, 2.24) is 10.2 Å². The van der Waals surface area contributed by atoms with E-state index in [4.69, 9.17) is 4.74 Å². The van der Waals surface area contributed by atoms with E-state index in [2.05, 4.69) is 28.9 Å². The standard InChI is InChI=1S/C14H20N2O/c1-3-14(16-9-7-15-8-10-16)12-5-4-6-13(11-12)17-2/h3-6,11,14-15H,1,7-10H2,2H3/t14-/m0/s1. The van der Waals surface area contributed by atoms with E-state index >= 15 is 0 Å². The summed E-state index contributed by atoms with van der Waals surface area (Å²) in [7, 11) is 1.70. The summed E-state index contributed by atoms with van der Waals surface area (Å²) in [6.45, 7) is 8.19. The van der Waals surface area contributed by atoms with Crippen LogP contribution in [-0.4, -0.2) is 38.2 Å². The lowest BCUT2D eigenvalue weighted by atomic mass is 10.0. The van der Waals surface area contributed by atoms with Gasteiger partial charge in [0.1, 0.15) is 5.75 Å². The second kappa shape index (κ2) is 5.84. The van der Waals surface area contributed by atoms with Crippen molar-refractivity contribution in [2.75, 3.05) is 33.3 Å². The number of nitrogens with one attached hydrogen (secondary N) is 1. The Hall–Kier alpha value is -1.32. The van der Waals surface area contributed by atoms with Crippen molar-refractivity contribution in [2.24, 2.45) is 0 Å². The van der Waals surface area contributed by atoms with Crippen molar-refractivity contribution in [1.29, 1.82) is 0 Å². The number of hydrogen-bond acceptors (Lipinski definition) is 3. The summed E-state index contributed by atoms with van der Waals surface area (Å²) in [6.07, 6.45) is 2.01. The van der Waals surface area contributed by atoms with Crippen molar-refractivity contribution in [3.05, 3.63) is 42.5 Å². The smallest absolute Gasteiger partial charge is 0.119 e. The number of ether oxygens (including phenoxy) is 1. The van der Waals surface area contributed by atoms with Crippen LogP contribution in [0.4, 0.5) is 0 Å². The molecule has 0 radical (unpaired) electrons. The zero-order valence-corrected chi connectivity index (χ0v) is 10.4. The van der Waals surface area contributed by atoms with Crippen LogP contribution in [0.25, 0.3) is 0 Å². The number of hydrogen-bond donors (Lipinski definition) is 1. The van der Waals surface area contributed by atoms with Crippen molar-refractivity contribution in [2.45, 2.75) is 6.04 Å². The van der Waals surface area contributed by atoms with E-state index in [1.165, 1.54) is 5.56 Å². The monoisotopic (exact) mass is 232 g/mol. The summed E-state index contributed by atoms with van der Waals surface area (Å²) >= 11 is 0. The zero-order valence-electron chi connectivity index (χ0n) is 10.4. The van der Waals surface area contributed by atoms with Crippen LogP contribution in [0, 0.1) is 0 Å². The Labute approximate surface area is 103 Å². The molecule has 0 aliphatic carbocycles. The Bertz CT molecular complexity index is 372. The quantitative estimate of drug-likeness (QED) is 0.802. The molecule has 1 aromatic carbocycles. The highest BCUT2D eigenvalue weighted by molar-refractivity contribution is 5.32. The number of methoxy groups -OCH3 is 1. The van der Waals surface area contributed by atoms with Gasteiger partial charge in [-0.2, -0.15) is 0 Å². The number of benzene rings is 1. The lowest BCUT2D eigenvalue weighted by Crippen LogP contribution is -2.44. The Morgan fingerprint density at radius 3 is 2.82 bits per heavy atom. The molecule has 0 aromatic heterocycles. The van der Waals surface area contributed by atoms with Gasteiger partial charge in [-0.05, 0) is 17.7 Å². The number of rotatable bonds is 4. The second-order valence-corrected chi connectivity index (χ2v) is 4.24. The van der Waals surface area contributed by atoms with Crippen molar-refractivity contribution < 1.29 is 4.74 Å². The van der Waals surface area contributed by atoms with Gasteiger partial charge in [0.15, 0.2) is 0 Å². The molecule has 0 spiro atoms. The lowest BCUT2D eigenvalue weighted by Gasteiger charge is -2.33. The Morgan fingerprint density at radius 2 is 2.18 bits per heavy atom. The maximum Gasteiger partial charge on any atom is 0.119 e. The molecule has 3 heteroatoms. The molecule has 3 nitrogen and oxygen atoms in total. The van der Waals surface area contributed by atoms with Gasteiger partial charge in [-0.1, -0.05) is 18.2 Å². The van der Waals surface area contributed by atoms with Gasteiger partial charge in [0.05, 0.1) is 13.2 Å². The zero-order chi connectivity index (χ0) is 12.1. The van der Waals surface area contributed by atoms with Crippen LogP contribution in [0.1, 0.15) is 11.6 Å². The molecule has 1 atom stereocenters. The summed E-state index contributed by atoms with van der Waals surface area (Å²) in [5, 5.41) is 3.37. The molecule has 1 N–H and O–H groups in total. The predicted octanol–water partition coefficient (Wildman–Crippen LogP) is 1.83. The highest BCUT2D eigenvalue weighted by Gasteiger charge is 2.19. The summed E-state index contributed by atoms with van der Waals surface area (Å²) in [6, 6.07) is 8.52. The van der Waals surface area contributed by atoms with E-state index in [9.17, 15) is 0 Å². The first-order chi connectivity index (χ1) is 8.35. The first-order valence-corrected chi connectivity index (χ1v) is 6.06. The van der Waals surface area contributed by atoms with Crippen LogP contribution in [0.15, 0.2) is 36.9 Å². The van der Waals surface area contributed by atoms with Crippen molar-refractivity contribution in [3.8, 4) is 5.75 Å². The minimum absolute atomic E-state index is 0.284. The maximum atomic E-state index is 5.27. The SMILES string of the molecule is C=C[C@@H](c1cccc(OC)c1)N1CCNCC1. The Morgan fingerprint density at radius 1 is 1.41 bits per heavy atom. The second-order valence-electron chi connectivity index (χ2n) is 4.24. The highest BCUT2D eigenvalue weighted by Crippen LogP contribution is 2.25. The van der Waals surface area contributed by atoms with Gasteiger partial charge in [-0.25, -0.2) is 0 Å². The van der Waals surface area contributed by atoms with E-state index in [1.807, 2.05) is 18.2 Å². The molecule has 92 valence electrons. The van der Waals surface area contributed by atoms with Crippen LogP contribution < -0.4 is 10.1 Å². The predicted molar refractivity (Wildman–Crippen MR) is 70.4 cm³/mol. The third kappa shape index (κ3) is 2.87. The molecule has 1 heterocycles. The van der Waals surface area contributed by atoms with E-state index < -0.39 is 0 Å². The molecule has 0 saturated carbocycles. The van der Waals surface area contributed by atoms with Gasteiger partial charge in [-0.15, -0.1) is 6.58 Å². The van der Waals surface area contributed by atoms with Crippen LogP contribution in [-0.2, 0) is 0 Å². The molecule has 1 aliphatic rings. The van der Waals surface area contributed by atoms with E-state index in [0.29, 0.717) is 0 Å². The van der Waals surface area contributed by atoms with Gasteiger partial charge in [0.2, 0.25) is 0 Å². The first-order valence-electron chi connectivity index (χ1n) is 6.06. The van der Waals surface area contributed by atoms with Crippen LogP contribution in [0.2, 0.25) is 0 Å². The topological polar surface area (TPSA) is 24.5 Å². The molecule has 2 rings (SSSR count). The fourth-order valence-electron chi connectivity index (χ4n) is 2.28. The molecule has 1 aliphatic heterocycles. The normalized spacial score (nSPS) is 18.6. The summed E-state index contributed by atoms with van der Waals surface area (Å²) in [5.41, 5.74) is 1.25. The average Bonchev–Trinajstić information content (AvgIpc) is 2.41. The van der Waals surface area contributed by atoms with Gasteiger partial charge in [0.25, 0.3) is 0 Å². The van der Waals surface area contributed by atoms with E-state index in [1.54, 1.807) is 7.11 Å². The first kappa shape index (κ1) is 12.1. The number of nitrogens with zero attached hydrogens (tertiary/aromatic N) is 1. The average molecular weight is 232 g/mol. The molecule has 1 fully saturated rings. The third-order valence-electron chi connectivity index (χ3n) is 3.20. The van der Waals surface area contributed by atoms with Gasteiger partial charge in [-0.3, -0.25) is 4.90 Å². The molecule has 1 saturated heterocycles. The van der Waals surface area contributed by atoms with Crippen molar-refractivity contribution in [3.63, 3.8) is 0 Å². The van der Waals surface area contributed by atoms with Gasteiger partial charge < -0.3 is 10.1 Å². The minimum atomic E-state index is 0.284. The Kier molecular flexibility index (Phi) is 4.18. The van der Waals surface area contributed by atoms with Crippen LogP contribution in [0.5, 0.6) is 5.75 Å². The minimum Gasteiger partial charge on any atom is -0.497 e. The maximum absolute atomic E-state index is 5.27. The molecule has 0 unspecified atom stereocenters. The van der Waals surface area contributed by atoms with Crippen molar-refractivity contribution >= 4 is 0 Å². The molecule has 0 amide bonds. The van der Waals surface area contributed by atoms with E-state index in [-0.39, 0.29) is 6.04 Å². The fourth-order valence-corrected chi connectivity index (χ4v) is 2.28. The molecule has 17 heavy (non-hydrogen) atoms. The largest absolute Gasteiger partial charge is 0.497 e. The number of piperazine rings is 1. The lowest BCUT2D eigenvalue weighted by molar-refractivity contribution is 0.203. The van der Waals surface area contributed by atoms with E-state index in [0.717, 1.165) is 31.9 Å². The summed E-state index contributed by atoms with van der Waals surface area (Å²) in [5.74, 6) is 0.907. The molecule has 1 aromatic rings. The summed E-state index contributed by atoms with van der Waals surface area (Å²) in [4.78, 5) is 2.44. The molecule has 0 bridgehead atoms. The summed E-state index contributed by atoms with van der Waals surface area (Å²) < 4.78 is 5.27.